The Kier molecular flexibility index (Phi) is 5.30. The Labute approximate surface area is 132 Å². The second kappa shape index (κ2) is 7.02. The Morgan fingerprint density at radius 1 is 0.952 bits per heavy atom. The van der Waals surface area contributed by atoms with Gasteiger partial charge in [0.2, 0.25) is 0 Å². The van der Waals surface area contributed by atoms with Crippen molar-refractivity contribution in [1.82, 2.24) is 5.32 Å². The van der Waals surface area contributed by atoms with Crippen LogP contribution in [0.1, 0.15) is 78.6 Å². The highest BCUT2D eigenvalue weighted by atomic mass is 14.9. The van der Waals surface area contributed by atoms with Crippen LogP contribution in [-0.4, -0.2) is 12.6 Å². The maximum Gasteiger partial charge on any atom is 0.00683 e. The van der Waals surface area contributed by atoms with Crippen molar-refractivity contribution in [3.05, 3.63) is 0 Å². The van der Waals surface area contributed by atoms with Crippen molar-refractivity contribution in [2.75, 3.05) is 6.54 Å². The molecule has 0 amide bonds. The summed E-state index contributed by atoms with van der Waals surface area (Å²) in [6.45, 7) is 8.72. The molecule has 122 valence electrons. The van der Waals surface area contributed by atoms with Crippen molar-refractivity contribution in [2.24, 2.45) is 35.5 Å². The summed E-state index contributed by atoms with van der Waals surface area (Å²) >= 11 is 0. The average Bonchev–Trinajstić information content (AvgIpc) is 3.29. The van der Waals surface area contributed by atoms with Crippen LogP contribution in [0.4, 0.5) is 0 Å². The molecule has 0 spiro atoms. The largest absolute Gasteiger partial charge is 0.314 e. The van der Waals surface area contributed by atoms with E-state index in [1.807, 2.05) is 0 Å². The Morgan fingerprint density at radius 2 is 1.76 bits per heavy atom. The highest BCUT2D eigenvalue weighted by molar-refractivity contribution is 4.90. The van der Waals surface area contributed by atoms with Gasteiger partial charge in [0.1, 0.15) is 0 Å². The molecule has 21 heavy (non-hydrogen) atoms. The van der Waals surface area contributed by atoms with E-state index in [0.29, 0.717) is 0 Å². The summed E-state index contributed by atoms with van der Waals surface area (Å²) in [6, 6.07) is 0.888. The molecule has 0 aromatic heterocycles. The smallest absolute Gasteiger partial charge is 0.00683 e. The van der Waals surface area contributed by atoms with E-state index in [9.17, 15) is 0 Å². The van der Waals surface area contributed by atoms with Gasteiger partial charge in [-0.1, -0.05) is 40.0 Å². The van der Waals surface area contributed by atoms with Gasteiger partial charge in [0.15, 0.2) is 0 Å². The van der Waals surface area contributed by atoms with Gasteiger partial charge in [-0.05, 0) is 80.6 Å². The zero-order valence-corrected chi connectivity index (χ0v) is 14.6. The minimum atomic E-state index is 0.888. The maximum absolute atomic E-state index is 3.85. The third-order valence-corrected chi connectivity index (χ3v) is 6.86. The molecule has 1 nitrogen and oxygen atoms in total. The molecule has 0 aromatic rings. The molecular formula is C20H37N. The van der Waals surface area contributed by atoms with E-state index in [1.165, 1.54) is 64.3 Å². The molecule has 3 rings (SSSR count). The molecule has 5 atom stereocenters. The molecule has 1 N–H and O–H groups in total. The van der Waals surface area contributed by atoms with Gasteiger partial charge in [-0.3, -0.25) is 0 Å². The van der Waals surface area contributed by atoms with Crippen LogP contribution in [0.25, 0.3) is 0 Å². The quantitative estimate of drug-likeness (QED) is 0.729. The van der Waals surface area contributed by atoms with Crippen molar-refractivity contribution in [3.63, 3.8) is 0 Å². The SMILES string of the molecule is CC1CCCC(C2CC(C(C)C)CCC2CNC2CC2)C1. The lowest BCUT2D eigenvalue weighted by Gasteiger charge is -2.44. The first-order valence-electron chi connectivity index (χ1n) is 9.87. The van der Waals surface area contributed by atoms with Crippen LogP contribution in [0.15, 0.2) is 0 Å². The molecule has 3 aliphatic carbocycles. The van der Waals surface area contributed by atoms with E-state index < -0.39 is 0 Å². The van der Waals surface area contributed by atoms with Crippen LogP contribution in [0.2, 0.25) is 0 Å². The normalized spacial score (nSPS) is 41.4. The highest BCUT2D eigenvalue weighted by Crippen LogP contribution is 2.46. The van der Waals surface area contributed by atoms with Crippen molar-refractivity contribution < 1.29 is 0 Å². The Bertz CT molecular complexity index is 320. The molecule has 5 unspecified atom stereocenters. The molecule has 0 aromatic carbocycles. The first kappa shape index (κ1) is 15.8. The monoisotopic (exact) mass is 291 g/mol. The molecule has 0 radical (unpaired) electrons. The summed E-state index contributed by atoms with van der Waals surface area (Å²) in [6.07, 6.45) is 13.4. The predicted molar refractivity (Wildman–Crippen MR) is 91.3 cm³/mol. The lowest BCUT2D eigenvalue weighted by Crippen LogP contribution is -2.39. The van der Waals surface area contributed by atoms with Crippen molar-refractivity contribution >= 4 is 0 Å². The van der Waals surface area contributed by atoms with Crippen LogP contribution in [0.5, 0.6) is 0 Å². The van der Waals surface area contributed by atoms with Crippen LogP contribution >= 0.6 is 0 Å². The molecule has 0 heterocycles. The second-order valence-electron chi connectivity index (χ2n) is 8.96. The maximum atomic E-state index is 3.85. The lowest BCUT2D eigenvalue weighted by molar-refractivity contribution is 0.0677. The molecule has 3 aliphatic rings. The first-order valence-corrected chi connectivity index (χ1v) is 9.87. The minimum absolute atomic E-state index is 0.888. The number of nitrogens with one attached hydrogen (secondary N) is 1. The van der Waals surface area contributed by atoms with Crippen LogP contribution in [0.3, 0.4) is 0 Å². The van der Waals surface area contributed by atoms with Gasteiger partial charge < -0.3 is 5.32 Å². The Morgan fingerprint density at radius 3 is 2.43 bits per heavy atom. The van der Waals surface area contributed by atoms with Crippen molar-refractivity contribution in [3.8, 4) is 0 Å². The highest BCUT2D eigenvalue weighted by Gasteiger charge is 2.38. The number of hydrogen-bond acceptors (Lipinski definition) is 1. The fourth-order valence-corrected chi connectivity index (χ4v) is 5.21. The molecule has 0 aliphatic heterocycles. The predicted octanol–water partition coefficient (Wildman–Crippen LogP) is 5.25. The molecule has 0 bridgehead atoms. The van der Waals surface area contributed by atoms with Crippen molar-refractivity contribution in [2.45, 2.75) is 84.6 Å². The second-order valence-corrected chi connectivity index (χ2v) is 8.96. The van der Waals surface area contributed by atoms with Gasteiger partial charge in [0, 0.05) is 6.04 Å². The minimum Gasteiger partial charge on any atom is -0.314 e. The van der Waals surface area contributed by atoms with Crippen LogP contribution in [-0.2, 0) is 0 Å². The van der Waals surface area contributed by atoms with Gasteiger partial charge in [-0.25, -0.2) is 0 Å². The van der Waals surface area contributed by atoms with Gasteiger partial charge in [0.05, 0.1) is 0 Å². The summed E-state index contributed by atoms with van der Waals surface area (Å²) in [5.41, 5.74) is 0. The standard InChI is InChI=1S/C20H37N/c1-14(2)16-7-8-18(13-21-19-9-10-19)20(12-16)17-6-4-5-15(3)11-17/h14-21H,4-13H2,1-3H3. The van der Waals surface area contributed by atoms with E-state index in [0.717, 1.165) is 41.5 Å². The summed E-state index contributed by atoms with van der Waals surface area (Å²) in [5.74, 6) is 5.94. The molecule has 0 saturated heterocycles. The van der Waals surface area contributed by atoms with Crippen LogP contribution in [0, 0.1) is 35.5 Å². The zero-order valence-electron chi connectivity index (χ0n) is 14.6. The zero-order chi connectivity index (χ0) is 14.8. The molecular weight excluding hydrogens is 254 g/mol. The fraction of sp³-hybridized carbons (Fsp3) is 1.00. The Hall–Kier alpha value is -0.0400. The topological polar surface area (TPSA) is 12.0 Å². The lowest BCUT2D eigenvalue weighted by atomic mass is 9.62. The van der Waals surface area contributed by atoms with Crippen molar-refractivity contribution in [1.29, 1.82) is 0 Å². The summed E-state index contributed by atoms with van der Waals surface area (Å²) in [7, 11) is 0. The third-order valence-electron chi connectivity index (χ3n) is 6.86. The fourth-order valence-electron chi connectivity index (χ4n) is 5.21. The van der Waals surface area contributed by atoms with E-state index in [2.05, 4.69) is 26.1 Å². The van der Waals surface area contributed by atoms with Gasteiger partial charge in [-0.15, -0.1) is 0 Å². The van der Waals surface area contributed by atoms with Crippen LogP contribution < -0.4 is 5.32 Å². The van der Waals surface area contributed by atoms with Gasteiger partial charge in [0.25, 0.3) is 0 Å². The van der Waals surface area contributed by atoms with E-state index in [1.54, 1.807) is 0 Å². The van der Waals surface area contributed by atoms with Gasteiger partial charge in [-0.2, -0.15) is 0 Å². The summed E-state index contributed by atoms with van der Waals surface area (Å²) < 4.78 is 0. The summed E-state index contributed by atoms with van der Waals surface area (Å²) in [4.78, 5) is 0. The Balaban J connectivity index is 1.62. The van der Waals surface area contributed by atoms with E-state index in [4.69, 9.17) is 0 Å². The molecule has 1 heteroatoms. The average molecular weight is 292 g/mol. The van der Waals surface area contributed by atoms with E-state index in [-0.39, 0.29) is 0 Å². The first-order chi connectivity index (χ1) is 10.1. The number of hydrogen-bond donors (Lipinski definition) is 1. The summed E-state index contributed by atoms with van der Waals surface area (Å²) in [5, 5.41) is 3.85. The van der Waals surface area contributed by atoms with E-state index >= 15 is 0 Å². The number of rotatable bonds is 5. The third kappa shape index (κ3) is 4.24. The molecule has 3 fully saturated rings. The van der Waals surface area contributed by atoms with Gasteiger partial charge >= 0.3 is 0 Å². The molecule has 3 saturated carbocycles.